The Morgan fingerprint density at radius 3 is 2.45 bits per heavy atom. The summed E-state index contributed by atoms with van der Waals surface area (Å²) >= 11 is 5.82. The number of nitrogens with zero attached hydrogens (tertiary/aromatic N) is 1. The average Bonchev–Trinajstić information content (AvgIpc) is 2.77. The van der Waals surface area contributed by atoms with Crippen molar-refractivity contribution in [2.75, 3.05) is 26.2 Å². The number of carbonyl (C=O) groups is 2. The first-order chi connectivity index (χ1) is 10.6. The van der Waals surface area contributed by atoms with Crippen LogP contribution in [0.15, 0.2) is 24.3 Å². The van der Waals surface area contributed by atoms with Crippen LogP contribution < -0.4 is 15.4 Å². The minimum Gasteiger partial charge on any atom is -0.492 e. The Kier molecular flexibility index (Phi) is 4.22. The van der Waals surface area contributed by atoms with Crippen LogP contribution in [0.5, 0.6) is 5.75 Å². The van der Waals surface area contributed by atoms with Crippen LogP contribution in [0.4, 0.5) is 4.79 Å². The van der Waals surface area contributed by atoms with E-state index >= 15 is 0 Å². The lowest BCUT2D eigenvalue weighted by Gasteiger charge is -2.36. The van der Waals surface area contributed by atoms with Gasteiger partial charge in [-0.25, -0.2) is 4.79 Å². The van der Waals surface area contributed by atoms with Gasteiger partial charge in [-0.3, -0.25) is 15.0 Å². The van der Waals surface area contributed by atoms with E-state index in [1.54, 1.807) is 12.1 Å². The molecule has 2 fully saturated rings. The third-order valence-electron chi connectivity index (χ3n) is 4.21. The third kappa shape index (κ3) is 3.18. The van der Waals surface area contributed by atoms with E-state index in [9.17, 15) is 9.59 Å². The Morgan fingerprint density at radius 1 is 1.18 bits per heavy atom. The lowest BCUT2D eigenvalue weighted by Crippen LogP contribution is -2.55. The van der Waals surface area contributed by atoms with Crippen LogP contribution in [0.3, 0.4) is 0 Å². The topological polar surface area (TPSA) is 70.7 Å². The SMILES string of the molecule is O=C1NC(=O)C2(CCN(CCOc3ccc(Cl)cc3)CC2)N1. The molecule has 0 aliphatic carbocycles. The molecule has 2 aliphatic rings. The van der Waals surface area contributed by atoms with Crippen molar-refractivity contribution in [1.29, 1.82) is 0 Å². The number of hydrogen-bond acceptors (Lipinski definition) is 4. The molecule has 0 unspecified atom stereocenters. The van der Waals surface area contributed by atoms with Crippen molar-refractivity contribution in [3.63, 3.8) is 0 Å². The van der Waals surface area contributed by atoms with Crippen LogP contribution in [-0.2, 0) is 4.79 Å². The first-order valence-corrected chi connectivity index (χ1v) is 7.70. The van der Waals surface area contributed by atoms with Crippen molar-refractivity contribution < 1.29 is 14.3 Å². The molecule has 1 aromatic rings. The van der Waals surface area contributed by atoms with Crippen LogP contribution in [-0.4, -0.2) is 48.6 Å². The molecule has 3 rings (SSSR count). The van der Waals surface area contributed by atoms with Gasteiger partial charge in [0.15, 0.2) is 0 Å². The van der Waals surface area contributed by atoms with Gasteiger partial charge in [0.05, 0.1) is 0 Å². The van der Waals surface area contributed by atoms with Gasteiger partial charge >= 0.3 is 6.03 Å². The van der Waals surface area contributed by atoms with Crippen molar-refractivity contribution in [2.24, 2.45) is 0 Å². The molecule has 1 spiro atoms. The number of hydrogen-bond donors (Lipinski definition) is 2. The number of rotatable bonds is 4. The fourth-order valence-electron chi connectivity index (χ4n) is 2.86. The highest BCUT2D eigenvalue weighted by molar-refractivity contribution is 6.30. The fraction of sp³-hybridized carbons (Fsp3) is 0.467. The molecule has 3 amide bonds. The van der Waals surface area contributed by atoms with Crippen molar-refractivity contribution in [3.05, 3.63) is 29.3 Å². The molecule has 0 saturated carbocycles. The Morgan fingerprint density at radius 2 is 1.86 bits per heavy atom. The number of likely N-dealkylation sites (tertiary alicyclic amines) is 1. The van der Waals surface area contributed by atoms with E-state index < -0.39 is 5.54 Å². The smallest absolute Gasteiger partial charge is 0.322 e. The zero-order chi connectivity index (χ0) is 15.6. The van der Waals surface area contributed by atoms with E-state index in [0.717, 1.165) is 25.4 Å². The number of nitrogens with one attached hydrogen (secondary N) is 2. The van der Waals surface area contributed by atoms with Gasteiger partial charge < -0.3 is 10.1 Å². The minimum atomic E-state index is -0.704. The molecular formula is C15H18ClN3O3. The van der Waals surface area contributed by atoms with E-state index in [0.29, 0.717) is 24.5 Å². The summed E-state index contributed by atoms with van der Waals surface area (Å²) in [7, 11) is 0. The first kappa shape index (κ1) is 15.1. The molecule has 2 saturated heterocycles. The van der Waals surface area contributed by atoms with E-state index in [1.807, 2.05) is 12.1 Å². The van der Waals surface area contributed by atoms with Gasteiger partial charge in [0, 0.05) is 24.7 Å². The van der Waals surface area contributed by atoms with Crippen molar-refractivity contribution >= 4 is 23.5 Å². The molecule has 2 N–H and O–H groups in total. The maximum absolute atomic E-state index is 11.8. The maximum atomic E-state index is 11.8. The van der Waals surface area contributed by atoms with E-state index in [4.69, 9.17) is 16.3 Å². The van der Waals surface area contributed by atoms with Gasteiger partial charge in [-0.05, 0) is 37.1 Å². The summed E-state index contributed by atoms with van der Waals surface area (Å²) in [5.41, 5.74) is -0.704. The highest BCUT2D eigenvalue weighted by Crippen LogP contribution is 2.25. The quantitative estimate of drug-likeness (QED) is 0.822. The maximum Gasteiger partial charge on any atom is 0.322 e. The van der Waals surface area contributed by atoms with Crippen molar-refractivity contribution in [1.82, 2.24) is 15.5 Å². The van der Waals surface area contributed by atoms with Crippen LogP contribution in [0, 0.1) is 0 Å². The largest absolute Gasteiger partial charge is 0.492 e. The van der Waals surface area contributed by atoms with Gasteiger partial charge in [-0.1, -0.05) is 11.6 Å². The Labute approximate surface area is 133 Å². The Balaban J connectivity index is 1.43. The molecule has 2 heterocycles. The summed E-state index contributed by atoms with van der Waals surface area (Å²) in [6.07, 6.45) is 1.26. The van der Waals surface area contributed by atoms with Crippen LogP contribution >= 0.6 is 11.6 Å². The summed E-state index contributed by atoms with van der Waals surface area (Å²) in [4.78, 5) is 25.4. The Hall–Kier alpha value is -1.79. The lowest BCUT2D eigenvalue weighted by molar-refractivity contribution is -0.125. The highest BCUT2D eigenvalue weighted by Gasteiger charge is 2.47. The molecule has 1 aromatic carbocycles. The second-order valence-electron chi connectivity index (χ2n) is 5.63. The average molecular weight is 324 g/mol. The highest BCUT2D eigenvalue weighted by atomic mass is 35.5. The predicted molar refractivity (Wildman–Crippen MR) is 82.0 cm³/mol. The standard InChI is InChI=1S/C15H18ClN3O3/c16-11-1-3-12(4-2-11)22-10-9-19-7-5-15(6-8-19)13(20)17-14(21)18-15/h1-4H,5-10H2,(H2,17,18,20,21). The van der Waals surface area contributed by atoms with Gasteiger partial charge in [0.2, 0.25) is 0 Å². The minimum absolute atomic E-state index is 0.199. The second-order valence-corrected chi connectivity index (χ2v) is 6.07. The summed E-state index contributed by atoms with van der Waals surface area (Å²) < 4.78 is 5.67. The zero-order valence-electron chi connectivity index (χ0n) is 12.1. The Bertz CT molecular complexity index is 568. The van der Waals surface area contributed by atoms with E-state index in [-0.39, 0.29) is 11.9 Å². The van der Waals surface area contributed by atoms with Crippen molar-refractivity contribution in [2.45, 2.75) is 18.4 Å². The first-order valence-electron chi connectivity index (χ1n) is 7.32. The second kappa shape index (κ2) is 6.14. The number of piperidine rings is 1. The van der Waals surface area contributed by atoms with Gasteiger partial charge in [0.1, 0.15) is 17.9 Å². The van der Waals surface area contributed by atoms with Gasteiger partial charge in [-0.15, -0.1) is 0 Å². The molecule has 118 valence electrons. The lowest BCUT2D eigenvalue weighted by atomic mass is 9.88. The monoisotopic (exact) mass is 323 g/mol. The van der Waals surface area contributed by atoms with Gasteiger partial charge in [0.25, 0.3) is 5.91 Å². The third-order valence-corrected chi connectivity index (χ3v) is 4.47. The molecule has 2 aliphatic heterocycles. The fourth-order valence-corrected chi connectivity index (χ4v) is 2.99. The summed E-state index contributed by atoms with van der Waals surface area (Å²) in [5.74, 6) is 0.592. The molecule has 6 nitrogen and oxygen atoms in total. The van der Waals surface area contributed by atoms with E-state index in [1.165, 1.54) is 0 Å². The van der Waals surface area contributed by atoms with Gasteiger partial charge in [-0.2, -0.15) is 0 Å². The summed E-state index contributed by atoms with van der Waals surface area (Å²) in [5, 5.41) is 5.76. The molecule has 22 heavy (non-hydrogen) atoms. The molecule has 0 atom stereocenters. The molecule has 0 radical (unpaired) electrons. The normalized spacial score (nSPS) is 20.8. The molecule has 7 heteroatoms. The molecule has 0 bridgehead atoms. The van der Waals surface area contributed by atoms with Crippen LogP contribution in [0.1, 0.15) is 12.8 Å². The predicted octanol–water partition coefficient (Wildman–Crippen LogP) is 1.39. The molecular weight excluding hydrogens is 306 g/mol. The molecule has 0 aromatic heterocycles. The zero-order valence-corrected chi connectivity index (χ0v) is 12.9. The summed E-state index contributed by atoms with van der Waals surface area (Å²) in [6.45, 7) is 2.89. The number of benzene rings is 1. The van der Waals surface area contributed by atoms with Crippen LogP contribution in [0.25, 0.3) is 0 Å². The van der Waals surface area contributed by atoms with Crippen LogP contribution in [0.2, 0.25) is 5.02 Å². The number of amides is 3. The van der Waals surface area contributed by atoms with E-state index in [2.05, 4.69) is 15.5 Å². The van der Waals surface area contributed by atoms with Crippen molar-refractivity contribution in [3.8, 4) is 5.75 Å². The summed E-state index contributed by atoms with van der Waals surface area (Å²) in [6, 6.07) is 6.88. The number of carbonyl (C=O) groups excluding carboxylic acids is 2. The number of halogens is 1. The number of ether oxygens (including phenoxy) is 1. The number of urea groups is 1. The number of imide groups is 1.